The lowest BCUT2D eigenvalue weighted by Crippen LogP contribution is -2.31. The highest BCUT2D eigenvalue weighted by molar-refractivity contribution is 4.61. The summed E-state index contributed by atoms with van der Waals surface area (Å²) < 4.78 is 5.66. The van der Waals surface area contributed by atoms with Gasteiger partial charge in [0.25, 0.3) is 0 Å². The smallest absolute Gasteiger partial charge is 0.0897 e. The lowest BCUT2D eigenvalue weighted by Gasteiger charge is -2.17. The van der Waals surface area contributed by atoms with Gasteiger partial charge in [-0.05, 0) is 52.4 Å². The molecule has 0 radical (unpaired) electrons. The normalized spacial score (nSPS) is 14.6. The molecule has 0 rings (SSSR count). The molecule has 0 saturated heterocycles. The minimum absolute atomic E-state index is 0.387. The molecule has 0 fully saturated rings. The Kier molecular flexibility index (Phi) is 14.7. The predicted octanol–water partition coefficient (Wildman–Crippen LogP) is 2.51. The van der Waals surface area contributed by atoms with Crippen molar-refractivity contribution < 1.29 is 9.84 Å². The van der Waals surface area contributed by atoms with Crippen LogP contribution >= 0.6 is 0 Å². The van der Waals surface area contributed by atoms with Crippen molar-refractivity contribution in [1.29, 1.82) is 0 Å². The van der Waals surface area contributed by atoms with E-state index in [4.69, 9.17) is 4.74 Å². The molecule has 0 amide bonds. The molecule has 0 aromatic heterocycles. The molecule has 0 spiro atoms. The van der Waals surface area contributed by atoms with E-state index in [-0.39, 0.29) is 6.10 Å². The van der Waals surface area contributed by atoms with E-state index in [1.807, 2.05) is 0 Å². The van der Waals surface area contributed by atoms with Gasteiger partial charge < -0.3 is 20.1 Å². The van der Waals surface area contributed by atoms with Crippen LogP contribution in [0.1, 0.15) is 52.4 Å². The van der Waals surface area contributed by atoms with E-state index in [1.54, 1.807) is 0 Å². The number of hydrogen-bond donors (Lipinski definition) is 2. The number of nitrogens with zero attached hydrogens (tertiary/aromatic N) is 1. The van der Waals surface area contributed by atoms with Crippen molar-refractivity contribution in [1.82, 2.24) is 10.2 Å². The lowest BCUT2D eigenvalue weighted by molar-refractivity contribution is 0.0194. The molecule has 0 aromatic carbocycles. The zero-order chi connectivity index (χ0) is 15.9. The Balaban J connectivity index is 3.42. The van der Waals surface area contributed by atoms with E-state index in [9.17, 15) is 5.11 Å². The van der Waals surface area contributed by atoms with E-state index in [0.29, 0.717) is 19.1 Å². The second-order valence-electron chi connectivity index (χ2n) is 6.32. The van der Waals surface area contributed by atoms with Crippen LogP contribution in [0.2, 0.25) is 0 Å². The highest BCUT2D eigenvalue weighted by atomic mass is 16.5. The summed E-state index contributed by atoms with van der Waals surface area (Å²) in [5.74, 6) is 0.649. The second kappa shape index (κ2) is 14.8. The Labute approximate surface area is 132 Å². The molecule has 0 aliphatic carbocycles. The topological polar surface area (TPSA) is 44.7 Å². The SMILES string of the molecule is CCCCC(CC)COCC(O)CNCCCCN(C)C. The summed E-state index contributed by atoms with van der Waals surface area (Å²) in [6.45, 7) is 8.41. The molecule has 2 atom stereocenters. The van der Waals surface area contributed by atoms with E-state index >= 15 is 0 Å². The molecule has 0 aliphatic rings. The van der Waals surface area contributed by atoms with Crippen molar-refractivity contribution in [2.75, 3.05) is 46.9 Å². The fraction of sp³-hybridized carbons (Fsp3) is 1.00. The Bertz CT molecular complexity index is 213. The molecule has 0 aromatic rings. The monoisotopic (exact) mass is 302 g/mol. The van der Waals surface area contributed by atoms with Crippen molar-refractivity contribution in [3.63, 3.8) is 0 Å². The number of hydrogen-bond acceptors (Lipinski definition) is 4. The maximum absolute atomic E-state index is 9.86. The third-order valence-electron chi connectivity index (χ3n) is 3.80. The highest BCUT2D eigenvalue weighted by Crippen LogP contribution is 2.12. The molecule has 0 aliphatic heterocycles. The van der Waals surface area contributed by atoms with Crippen LogP contribution in [-0.4, -0.2) is 63.1 Å². The number of ether oxygens (including phenoxy) is 1. The first-order chi connectivity index (χ1) is 10.1. The van der Waals surface area contributed by atoms with E-state index in [0.717, 1.165) is 26.1 Å². The van der Waals surface area contributed by atoms with Gasteiger partial charge in [0.15, 0.2) is 0 Å². The van der Waals surface area contributed by atoms with Crippen LogP contribution in [0.4, 0.5) is 0 Å². The van der Waals surface area contributed by atoms with Crippen molar-refractivity contribution in [3.8, 4) is 0 Å². The second-order valence-corrected chi connectivity index (χ2v) is 6.32. The third kappa shape index (κ3) is 14.5. The summed E-state index contributed by atoms with van der Waals surface area (Å²) in [7, 11) is 4.19. The van der Waals surface area contributed by atoms with E-state index < -0.39 is 0 Å². The zero-order valence-electron chi connectivity index (χ0n) is 14.7. The number of unbranched alkanes of at least 4 members (excludes halogenated alkanes) is 2. The van der Waals surface area contributed by atoms with Crippen molar-refractivity contribution >= 4 is 0 Å². The molecular weight excluding hydrogens is 264 g/mol. The van der Waals surface area contributed by atoms with E-state index in [1.165, 1.54) is 32.1 Å². The average molecular weight is 303 g/mol. The highest BCUT2D eigenvalue weighted by Gasteiger charge is 2.08. The maximum Gasteiger partial charge on any atom is 0.0897 e. The molecule has 4 heteroatoms. The number of nitrogens with one attached hydrogen (secondary N) is 1. The first-order valence-electron chi connectivity index (χ1n) is 8.71. The Hall–Kier alpha value is -0.160. The minimum Gasteiger partial charge on any atom is -0.389 e. The number of aliphatic hydroxyl groups is 1. The van der Waals surface area contributed by atoms with Crippen LogP contribution in [0.3, 0.4) is 0 Å². The van der Waals surface area contributed by atoms with Crippen LogP contribution in [0.25, 0.3) is 0 Å². The Morgan fingerprint density at radius 1 is 1.10 bits per heavy atom. The van der Waals surface area contributed by atoms with Gasteiger partial charge >= 0.3 is 0 Å². The van der Waals surface area contributed by atoms with Crippen molar-refractivity contribution in [2.24, 2.45) is 5.92 Å². The van der Waals surface area contributed by atoms with Crippen LogP contribution in [-0.2, 0) is 4.74 Å². The van der Waals surface area contributed by atoms with Gasteiger partial charge in [-0.2, -0.15) is 0 Å². The molecular formula is C17H38N2O2. The number of aliphatic hydroxyl groups excluding tert-OH is 1. The van der Waals surface area contributed by atoms with Crippen LogP contribution in [0, 0.1) is 5.92 Å². The largest absolute Gasteiger partial charge is 0.389 e. The van der Waals surface area contributed by atoms with Gasteiger partial charge in [-0.1, -0.05) is 33.1 Å². The zero-order valence-corrected chi connectivity index (χ0v) is 14.7. The Morgan fingerprint density at radius 3 is 2.48 bits per heavy atom. The number of rotatable bonds is 15. The molecule has 2 unspecified atom stereocenters. The molecule has 2 N–H and O–H groups in total. The van der Waals surface area contributed by atoms with Crippen LogP contribution < -0.4 is 5.32 Å². The minimum atomic E-state index is -0.387. The Morgan fingerprint density at radius 2 is 1.86 bits per heavy atom. The molecule has 128 valence electrons. The average Bonchev–Trinajstić information content (AvgIpc) is 2.46. The fourth-order valence-corrected chi connectivity index (χ4v) is 2.27. The summed E-state index contributed by atoms with van der Waals surface area (Å²) >= 11 is 0. The standard InChI is InChI=1S/C17H38N2O2/c1-5-7-10-16(6-2)14-21-15-17(20)13-18-11-8-9-12-19(3)4/h16-18,20H,5-15H2,1-4H3. The molecule has 21 heavy (non-hydrogen) atoms. The van der Waals surface area contributed by atoms with Gasteiger partial charge in [0.1, 0.15) is 0 Å². The van der Waals surface area contributed by atoms with Gasteiger partial charge in [0.05, 0.1) is 12.7 Å². The van der Waals surface area contributed by atoms with Gasteiger partial charge in [-0.25, -0.2) is 0 Å². The van der Waals surface area contributed by atoms with Gasteiger partial charge in [-0.15, -0.1) is 0 Å². The molecule has 0 saturated carbocycles. The van der Waals surface area contributed by atoms with Crippen molar-refractivity contribution in [2.45, 2.75) is 58.5 Å². The molecule has 4 nitrogen and oxygen atoms in total. The third-order valence-corrected chi connectivity index (χ3v) is 3.80. The quantitative estimate of drug-likeness (QED) is 0.456. The maximum atomic E-state index is 9.86. The summed E-state index contributed by atoms with van der Waals surface area (Å²) in [6, 6.07) is 0. The van der Waals surface area contributed by atoms with Gasteiger partial charge in [0, 0.05) is 13.2 Å². The summed E-state index contributed by atoms with van der Waals surface area (Å²) in [5.41, 5.74) is 0. The van der Waals surface area contributed by atoms with E-state index in [2.05, 4.69) is 38.2 Å². The lowest BCUT2D eigenvalue weighted by atomic mass is 10.0. The van der Waals surface area contributed by atoms with Crippen molar-refractivity contribution in [3.05, 3.63) is 0 Å². The summed E-state index contributed by atoms with van der Waals surface area (Å²) in [6.07, 6.45) is 6.90. The predicted molar refractivity (Wildman–Crippen MR) is 90.8 cm³/mol. The molecule has 0 heterocycles. The van der Waals surface area contributed by atoms with Crippen LogP contribution in [0.5, 0.6) is 0 Å². The first kappa shape index (κ1) is 20.8. The molecule has 0 bridgehead atoms. The fourth-order valence-electron chi connectivity index (χ4n) is 2.27. The van der Waals surface area contributed by atoms with Crippen LogP contribution in [0.15, 0.2) is 0 Å². The first-order valence-corrected chi connectivity index (χ1v) is 8.71. The summed E-state index contributed by atoms with van der Waals surface area (Å²) in [5, 5.41) is 13.2. The summed E-state index contributed by atoms with van der Waals surface area (Å²) in [4.78, 5) is 2.20. The van der Waals surface area contributed by atoms with Gasteiger partial charge in [-0.3, -0.25) is 0 Å². The van der Waals surface area contributed by atoms with Gasteiger partial charge in [0.2, 0.25) is 0 Å².